The lowest BCUT2D eigenvalue weighted by molar-refractivity contribution is 0.0950. The largest absolute Gasteiger partial charge is 0.329 e. The maximum atomic E-state index is 6.05. The Kier molecular flexibility index (Phi) is 3.58. The molecule has 94 valence electrons. The summed E-state index contributed by atoms with van der Waals surface area (Å²) in [6.45, 7) is 10.4. The van der Waals surface area contributed by atoms with Gasteiger partial charge < -0.3 is 5.73 Å². The van der Waals surface area contributed by atoms with Gasteiger partial charge in [-0.2, -0.15) is 11.8 Å². The van der Waals surface area contributed by atoms with Crippen molar-refractivity contribution in [3.05, 3.63) is 0 Å². The molecule has 1 unspecified atom stereocenters. The fourth-order valence-electron chi connectivity index (χ4n) is 2.79. The first kappa shape index (κ1) is 12.7. The lowest BCUT2D eigenvalue weighted by Gasteiger charge is -2.40. The molecule has 0 radical (unpaired) electrons. The van der Waals surface area contributed by atoms with Gasteiger partial charge in [0.2, 0.25) is 0 Å². The molecule has 1 atom stereocenters. The highest BCUT2D eigenvalue weighted by molar-refractivity contribution is 8.00. The first-order valence-corrected chi connectivity index (χ1v) is 7.55. The number of hydrogen-bond acceptors (Lipinski definition) is 3. The van der Waals surface area contributed by atoms with Crippen molar-refractivity contribution >= 4 is 11.8 Å². The summed E-state index contributed by atoms with van der Waals surface area (Å²) in [7, 11) is 0. The third-order valence-electron chi connectivity index (χ3n) is 4.43. The summed E-state index contributed by atoms with van der Waals surface area (Å²) in [5.41, 5.74) is 6.33. The molecule has 0 amide bonds. The molecule has 2 fully saturated rings. The first-order valence-electron chi connectivity index (χ1n) is 6.57. The Morgan fingerprint density at radius 2 is 2.06 bits per heavy atom. The lowest BCUT2D eigenvalue weighted by Crippen LogP contribution is -2.54. The molecule has 2 nitrogen and oxygen atoms in total. The SMILES string of the molecule is CC1(C)CCN(C(C)(CN)C2CC2)CCS1. The fourth-order valence-corrected chi connectivity index (χ4v) is 3.89. The van der Waals surface area contributed by atoms with Crippen LogP contribution in [0.2, 0.25) is 0 Å². The van der Waals surface area contributed by atoms with E-state index in [1.165, 1.54) is 38.1 Å². The summed E-state index contributed by atoms with van der Waals surface area (Å²) in [6.07, 6.45) is 4.07. The standard InChI is InChI=1S/C13H26N2S/c1-12(2)6-7-15(8-9-16-12)13(3,10-14)11-4-5-11/h11H,4-10,14H2,1-3H3. The van der Waals surface area contributed by atoms with Gasteiger partial charge in [0, 0.05) is 35.7 Å². The van der Waals surface area contributed by atoms with Crippen LogP contribution in [0.25, 0.3) is 0 Å². The maximum Gasteiger partial charge on any atom is 0.0332 e. The van der Waals surface area contributed by atoms with Crippen LogP contribution in [0.5, 0.6) is 0 Å². The van der Waals surface area contributed by atoms with Gasteiger partial charge in [0.05, 0.1) is 0 Å². The van der Waals surface area contributed by atoms with E-state index in [0.29, 0.717) is 4.75 Å². The predicted molar refractivity (Wildman–Crippen MR) is 72.9 cm³/mol. The number of nitrogens with zero attached hydrogens (tertiary/aromatic N) is 1. The summed E-state index contributed by atoms with van der Waals surface area (Å²) >= 11 is 2.12. The van der Waals surface area contributed by atoms with Gasteiger partial charge in [0.25, 0.3) is 0 Å². The molecule has 0 bridgehead atoms. The molecule has 1 aliphatic carbocycles. The Balaban J connectivity index is 2.03. The van der Waals surface area contributed by atoms with E-state index in [-0.39, 0.29) is 5.54 Å². The second-order valence-electron chi connectivity index (χ2n) is 6.18. The van der Waals surface area contributed by atoms with E-state index in [9.17, 15) is 0 Å². The molecule has 1 aliphatic heterocycles. The Morgan fingerprint density at radius 3 is 2.62 bits per heavy atom. The molecule has 0 spiro atoms. The summed E-state index contributed by atoms with van der Waals surface area (Å²) in [4.78, 5) is 2.67. The zero-order valence-corrected chi connectivity index (χ0v) is 11.8. The van der Waals surface area contributed by atoms with Crippen molar-refractivity contribution in [2.24, 2.45) is 11.7 Å². The molecule has 1 saturated carbocycles. The van der Waals surface area contributed by atoms with E-state index in [1.807, 2.05) is 0 Å². The van der Waals surface area contributed by atoms with Crippen LogP contribution in [-0.2, 0) is 0 Å². The van der Waals surface area contributed by atoms with E-state index in [0.717, 1.165) is 12.5 Å². The molecule has 1 heterocycles. The van der Waals surface area contributed by atoms with Crippen molar-refractivity contribution in [2.75, 3.05) is 25.4 Å². The molecule has 3 heteroatoms. The van der Waals surface area contributed by atoms with Crippen molar-refractivity contribution in [1.29, 1.82) is 0 Å². The van der Waals surface area contributed by atoms with Crippen molar-refractivity contribution < 1.29 is 0 Å². The number of rotatable bonds is 3. The van der Waals surface area contributed by atoms with Crippen molar-refractivity contribution in [1.82, 2.24) is 4.90 Å². The van der Waals surface area contributed by atoms with Gasteiger partial charge in [0.15, 0.2) is 0 Å². The molecular weight excluding hydrogens is 216 g/mol. The monoisotopic (exact) mass is 242 g/mol. The normalized spacial score (nSPS) is 30.8. The van der Waals surface area contributed by atoms with Gasteiger partial charge in [-0.15, -0.1) is 0 Å². The van der Waals surface area contributed by atoms with Crippen LogP contribution in [0.15, 0.2) is 0 Å². The van der Waals surface area contributed by atoms with Gasteiger partial charge in [-0.05, 0) is 32.1 Å². The smallest absolute Gasteiger partial charge is 0.0332 e. The van der Waals surface area contributed by atoms with Crippen LogP contribution < -0.4 is 5.73 Å². The Labute approximate surface area is 104 Å². The van der Waals surface area contributed by atoms with Crippen LogP contribution >= 0.6 is 11.8 Å². The Bertz CT molecular complexity index is 250. The third kappa shape index (κ3) is 2.57. The molecule has 0 aromatic heterocycles. The molecular formula is C13H26N2S. The average Bonchev–Trinajstić information content (AvgIpc) is 3.04. The van der Waals surface area contributed by atoms with Crippen LogP contribution in [0.3, 0.4) is 0 Å². The highest BCUT2D eigenvalue weighted by Crippen LogP contribution is 2.44. The number of nitrogens with two attached hydrogens (primary N) is 1. The lowest BCUT2D eigenvalue weighted by atomic mass is 9.92. The predicted octanol–water partition coefficient (Wildman–Crippen LogP) is 2.33. The van der Waals surface area contributed by atoms with Gasteiger partial charge >= 0.3 is 0 Å². The summed E-state index contributed by atoms with van der Waals surface area (Å²) < 4.78 is 0.452. The van der Waals surface area contributed by atoms with Gasteiger partial charge in [-0.3, -0.25) is 4.90 Å². The minimum Gasteiger partial charge on any atom is -0.329 e. The quantitative estimate of drug-likeness (QED) is 0.823. The van der Waals surface area contributed by atoms with Gasteiger partial charge in [-0.25, -0.2) is 0 Å². The second-order valence-corrected chi connectivity index (χ2v) is 7.98. The number of thioether (sulfide) groups is 1. The minimum atomic E-state index is 0.279. The van der Waals surface area contributed by atoms with E-state index in [4.69, 9.17) is 5.73 Å². The molecule has 2 rings (SSSR count). The topological polar surface area (TPSA) is 29.3 Å². The van der Waals surface area contributed by atoms with Crippen molar-refractivity contribution in [3.63, 3.8) is 0 Å². The zero-order valence-electron chi connectivity index (χ0n) is 11.0. The Hall–Kier alpha value is 0.270. The second kappa shape index (κ2) is 4.51. The van der Waals surface area contributed by atoms with Crippen molar-refractivity contribution in [2.45, 2.75) is 50.3 Å². The van der Waals surface area contributed by atoms with E-state index in [2.05, 4.69) is 37.4 Å². The highest BCUT2D eigenvalue weighted by atomic mass is 32.2. The molecule has 2 aliphatic rings. The zero-order chi connectivity index (χ0) is 11.8. The van der Waals surface area contributed by atoms with Crippen molar-refractivity contribution in [3.8, 4) is 0 Å². The molecule has 0 aromatic carbocycles. The molecule has 16 heavy (non-hydrogen) atoms. The average molecular weight is 242 g/mol. The highest BCUT2D eigenvalue weighted by Gasteiger charge is 2.45. The van der Waals surface area contributed by atoms with Crippen LogP contribution in [0.4, 0.5) is 0 Å². The minimum absolute atomic E-state index is 0.279. The summed E-state index contributed by atoms with van der Waals surface area (Å²) in [5, 5.41) is 0. The number of hydrogen-bond donors (Lipinski definition) is 1. The van der Waals surface area contributed by atoms with Crippen LogP contribution in [-0.4, -0.2) is 40.6 Å². The van der Waals surface area contributed by atoms with Gasteiger partial charge in [0.1, 0.15) is 0 Å². The van der Waals surface area contributed by atoms with E-state index >= 15 is 0 Å². The summed E-state index contributed by atoms with van der Waals surface area (Å²) in [6, 6.07) is 0. The first-order chi connectivity index (χ1) is 7.48. The maximum absolute atomic E-state index is 6.05. The molecule has 2 N–H and O–H groups in total. The third-order valence-corrected chi connectivity index (χ3v) is 5.80. The van der Waals surface area contributed by atoms with E-state index < -0.39 is 0 Å². The fraction of sp³-hybridized carbons (Fsp3) is 1.00. The van der Waals surface area contributed by atoms with Crippen LogP contribution in [0.1, 0.15) is 40.0 Å². The van der Waals surface area contributed by atoms with E-state index in [1.54, 1.807) is 0 Å². The molecule has 1 saturated heterocycles. The van der Waals surface area contributed by atoms with Gasteiger partial charge in [-0.1, -0.05) is 13.8 Å². The van der Waals surface area contributed by atoms with Crippen LogP contribution in [0, 0.1) is 5.92 Å². The summed E-state index contributed by atoms with van der Waals surface area (Å²) in [5.74, 6) is 2.12. The Morgan fingerprint density at radius 1 is 1.38 bits per heavy atom. The molecule has 0 aromatic rings.